The Kier molecular flexibility index (Phi) is 4.53. The van der Waals surface area contributed by atoms with Gasteiger partial charge in [-0.3, -0.25) is 9.78 Å². The van der Waals surface area contributed by atoms with Crippen molar-refractivity contribution in [2.45, 2.75) is 6.42 Å². The molecule has 0 aliphatic carbocycles. The lowest BCUT2D eigenvalue weighted by atomic mass is 10.2. The number of benzene rings is 2. The van der Waals surface area contributed by atoms with E-state index in [0.29, 0.717) is 21.3 Å². The molecule has 1 amide bonds. The average molecular weight is 384 g/mol. The molecule has 0 saturated carbocycles. The Bertz CT molecular complexity index is 970. The predicted octanol–water partition coefficient (Wildman–Crippen LogP) is 5.33. The molecule has 1 aliphatic rings. The van der Waals surface area contributed by atoms with Crippen molar-refractivity contribution in [1.82, 2.24) is 4.98 Å². The molecule has 0 fully saturated rings. The van der Waals surface area contributed by atoms with Gasteiger partial charge in [-0.25, -0.2) is 0 Å². The van der Waals surface area contributed by atoms with Gasteiger partial charge in [-0.05, 0) is 36.2 Å². The Morgan fingerprint density at radius 3 is 2.62 bits per heavy atom. The van der Waals surface area contributed by atoms with Crippen LogP contribution < -0.4 is 10.2 Å². The molecule has 1 aromatic heterocycles. The van der Waals surface area contributed by atoms with Crippen molar-refractivity contribution in [2.75, 3.05) is 16.8 Å². The minimum Gasteiger partial charge on any atom is -0.340 e. The first-order chi connectivity index (χ1) is 12.6. The molecule has 0 spiro atoms. The van der Waals surface area contributed by atoms with E-state index in [2.05, 4.69) is 27.3 Å². The van der Waals surface area contributed by atoms with Crippen molar-refractivity contribution in [3.8, 4) is 0 Å². The smallest absolute Gasteiger partial charge is 0.257 e. The largest absolute Gasteiger partial charge is 0.340 e. The number of nitrogens with one attached hydrogen (secondary N) is 1. The van der Waals surface area contributed by atoms with E-state index in [1.54, 1.807) is 24.4 Å². The van der Waals surface area contributed by atoms with E-state index >= 15 is 0 Å². The van der Waals surface area contributed by atoms with Gasteiger partial charge in [-0.15, -0.1) is 0 Å². The standard InChI is InChI=1S/C20H15Cl2N3O/c21-16-5-3-6-17(22)19(16)24-20(26)14-10-15(12-23-11-14)25-9-8-13-4-1-2-7-18(13)25/h1-7,10-12H,8-9H2,(H,24,26). The molecule has 0 radical (unpaired) electrons. The van der Waals surface area contributed by atoms with Gasteiger partial charge in [-0.2, -0.15) is 0 Å². The van der Waals surface area contributed by atoms with Crippen LogP contribution in [0.15, 0.2) is 60.9 Å². The van der Waals surface area contributed by atoms with Gasteiger partial charge < -0.3 is 10.2 Å². The van der Waals surface area contributed by atoms with Gasteiger partial charge in [0.15, 0.2) is 0 Å². The zero-order valence-corrected chi connectivity index (χ0v) is 15.3. The van der Waals surface area contributed by atoms with Crippen LogP contribution in [0.2, 0.25) is 10.0 Å². The molecule has 1 aliphatic heterocycles. The zero-order chi connectivity index (χ0) is 18.1. The third-order valence-electron chi connectivity index (χ3n) is 4.39. The SMILES string of the molecule is O=C(Nc1c(Cl)cccc1Cl)c1cncc(N2CCc3ccccc32)c1. The molecule has 0 unspecified atom stereocenters. The summed E-state index contributed by atoms with van der Waals surface area (Å²) >= 11 is 12.3. The average Bonchev–Trinajstić information content (AvgIpc) is 3.09. The first-order valence-electron chi connectivity index (χ1n) is 8.19. The third-order valence-corrected chi connectivity index (χ3v) is 5.02. The Balaban J connectivity index is 1.61. The normalized spacial score (nSPS) is 12.8. The summed E-state index contributed by atoms with van der Waals surface area (Å²) in [6, 6.07) is 15.2. The number of hydrogen-bond acceptors (Lipinski definition) is 3. The second-order valence-electron chi connectivity index (χ2n) is 6.01. The number of hydrogen-bond donors (Lipinski definition) is 1. The molecular weight excluding hydrogens is 369 g/mol. The summed E-state index contributed by atoms with van der Waals surface area (Å²) in [5, 5.41) is 3.55. The van der Waals surface area contributed by atoms with Crippen LogP contribution in [0.4, 0.5) is 17.1 Å². The second-order valence-corrected chi connectivity index (χ2v) is 6.83. The summed E-state index contributed by atoms with van der Waals surface area (Å²) in [6.45, 7) is 0.864. The lowest BCUT2D eigenvalue weighted by Gasteiger charge is -2.19. The van der Waals surface area contributed by atoms with Crippen LogP contribution in [0.25, 0.3) is 0 Å². The Morgan fingerprint density at radius 2 is 1.81 bits per heavy atom. The van der Waals surface area contributed by atoms with Gasteiger partial charge in [0.25, 0.3) is 5.91 Å². The van der Waals surface area contributed by atoms with E-state index in [1.165, 1.54) is 11.8 Å². The lowest BCUT2D eigenvalue weighted by Crippen LogP contribution is -2.17. The minimum atomic E-state index is -0.304. The maximum atomic E-state index is 12.6. The van der Waals surface area contributed by atoms with E-state index in [9.17, 15) is 4.79 Å². The molecule has 2 aromatic carbocycles. The summed E-state index contributed by atoms with van der Waals surface area (Å²) in [6.07, 6.45) is 4.27. The summed E-state index contributed by atoms with van der Waals surface area (Å²) < 4.78 is 0. The van der Waals surface area contributed by atoms with Crippen molar-refractivity contribution in [3.05, 3.63) is 82.1 Å². The number of anilines is 3. The Hall–Kier alpha value is -2.56. The molecule has 0 atom stereocenters. The summed E-state index contributed by atoms with van der Waals surface area (Å²) in [5.41, 5.74) is 4.18. The third kappa shape index (κ3) is 3.14. The maximum Gasteiger partial charge on any atom is 0.257 e. The summed E-state index contributed by atoms with van der Waals surface area (Å²) in [5.74, 6) is -0.304. The molecule has 0 bridgehead atoms. The number of rotatable bonds is 3. The first kappa shape index (κ1) is 16.9. The highest BCUT2D eigenvalue weighted by atomic mass is 35.5. The van der Waals surface area contributed by atoms with E-state index in [4.69, 9.17) is 23.2 Å². The van der Waals surface area contributed by atoms with Gasteiger partial charge in [0, 0.05) is 18.4 Å². The van der Waals surface area contributed by atoms with Gasteiger partial charge in [-0.1, -0.05) is 47.5 Å². The number of amides is 1. The van der Waals surface area contributed by atoms with Crippen LogP contribution >= 0.6 is 23.2 Å². The lowest BCUT2D eigenvalue weighted by molar-refractivity contribution is 0.102. The van der Waals surface area contributed by atoms with Crippen molar-refractivity contribution >= 4 is 46.2 Å². The van der Waals surface area contributed by atoms with Gasteiger partial charge in [0.2, 0.25) is 0 Å². The maximum absolute atomic E-state index is 12.6. The molecule has 2 heterocycles. The van der Waals surface area contributed by atoms with Crippen molar-refractivity contribution in [3.63, 3.8) is 0 Å². The fourth-order valence-corrected chi connectivity index (χ4v) is 3.60. The fraction of sp³-hybridized carbons (Fsp3) is 0.100. The predicted molar refractivity (Wildman–Crippen MR) is 106 cm³/mol. The highest BCUT2D eigenvalue weighted by Crippen LogP contribution is 2.34. The number of aromatic nitrogens is 1. The highest BCUT2D eigenvalue weighted by Gasteiger charge is 2.21. The second kappa shape index (κ2) is 6.98. The number of halogens is 2. The van der Waals surface area contributed by atoms with Crippen molar-refractivity contribution in [1.29, 1.82) is 0 Å². The topological polar surface area (TPSA) is 45.2 Å². The van der Waals surface area contributed by atoms with Gasteiger partial charge in [0.05, 0.1) is 33.2 Å². The van der Waals surface area contributed by atoms with E-state index in [1.807, 2.05) is 18.2 Å². The molecule has 26 heavy (non-hydrogen) atoms. The van der Waals surface area contributed by atoms with E-state index < -0.39 is 0 Å². The van der Waals surface area contributed by atoms with Crippen molar-refractivity contribution in [2.24, 2.45) is 0 Å². The monoisotopic (exact) mass is 383 g/mol. The summed E-state index contributed by atoms with van der Waals surface area (Å²) in [4.78, 5) is 19.1. The quantitative estimate of drug-likeness (QED) is 0.664. The molecule has 6 heteroatoms. The van der Waals surface area contributed by atoms with Gasteiger partial charge >= 0.3 is 0 Å². The Labute approximate surface area is 161 Å². The van der Waals surface area contributed by atoms with Crippen LogP contribution in [-0.4, -0.2) is 17.4 Å². The Morgan fingerprint density at radius 1 is 1.04 bits per heavy atom. The number of pyridine rings is 1. The number of carbonyl (C=O) groups excluding carboxylic acids is 1. The van der Waals surface area contributed by atoms with E-state index in [-0.39, 0.29) is 5.91 Å². The van der Waals surface area contributed by atoms with E-state index in [0.717, 1.165) is 24.3 Å². The number of nitrogens with zero attached hydrogens (tertiary/aromatic N) is 2. The van der Waals surface area contributed by atoms with Crippen LogP contribution in [0, 0.1) is 0 Å². The van der Waals surface area contributed by atoms with Crippen LogP contribution in [0.3, 0.4) is 0 Å². The first-order valence-corrected chi connectivity index (χ1v) is 8.95. The fourth-order valence-electron chi connectivity index (χ4n) is 3.11. The highest BCUT2D eigenvalue weighted by molar-refractivity contribution is 6.40. The van der Waals surface area contributed by atoms with Gasteiger partial charge in [0.1, 0.15) is 0 Å². The zero-order valence-electron chi connectivity index (χ0n) is 13.7. The van der Waals surface area contributed by atoms with Crippen LogP contribution in [-0.2, 0) is 6.42 Å². The molecule has 4 rings (SSSR count). The van der Waals surface area contributed by atoms with Crippen molar-refractivity contribution < 1.29 is 4.79 Å². The van der Waals surface area contributed by atoms with Crippen LogP contribution in [0.1, 0.15) is 15.9 Å². The molecule has 1 N–H and O–H groups in total. The summed E-state index contributed by atoms with van der Waals surface area (Å²) in [7, 11) is 0. The number of fused-ring (bicyclic) bond motifs is 1. The minimum absolute atomic E-state index is 0.304. The molecule has 4 nitrogen and oxygen atoms in total. The molecular formula is C20H15Cl2N3O. The molecule has 3 aromatic rings. The number of para-hydroxylation sites is 2. The molecule has 130 valence electrons. The number of carbonyl (C=O) groups is 1. The molecule has 0 saturated heterocycles. The van der Waals surface area contributed by atoms with Crippen LogP contribution in [0.5, 0.6) is 0 Å².